The van der Waals surface area contributed by atoms with Gasteiger partial charge in [-0.3, -0.25) is 4.79 Å². The van der Waals surface area contributed by atoms with Gasteiger partial charge in [0.15, 0.2) is 0 Å². The first-order valence-corrected chi connectivity index (χ1v) is 11.9. The molecule has 0 fully saturated rings. The molecule has 0 heterocycles. The van der Waals surface area contributed by atoms with Crippen molar-refractivity contribution >= 4 is 18.6 Å². The second kappa shape index (κ2) is 21.1. The van der Waals surface area contributed by atoms with Crippen LogP contribution in [0.15, 0.2) is 0 Å². The zero-order chi connectivity index (χ0) is 19.3. The number of unbranched alkanes of at least 4 members (excludes halogenated alkanes) is 11. The smallest absolute Gasteiger partial charge is 0.307 e. The molecule has 3 nitrogen and oxygen atoms in total. The highest BCUT2D eigenvalue weighted by Crippen LogP contribution is 2.12. The number of nitrogens with zero attached hydrogens (tertiary/aromatic N) is 1. The summed E-state index contributed by atoms with van der Waals surface area (Å²) in [6.07, 6.45) is 17.6. The Morgan fingerprint density at radius 3 is 1.77 bits per heavy atom. The third-order valence-electron chi connectivity index (χ3n) is 4.85. The third kappa shape index (κ3) is 18.6. The van der Waals surface area contributed by atoms with E-state index in [4.69, 9.17) is 4.74 Å². The lowest BCUT2D eigenvalue weighted by Gasteiger charge is -2.19. The molecule has 0 N–H and O–H groups in total. The minimum absolute atomic E-state index is 0.0478. The van der Waals surface area contributed by atoms with E-state index in [-0.39, 0.29) is 5.97 Å². The highest BCUT2D eigenvalue weighted by molar-refractivity contribution is 7.80. The topological polar surface area (TPSA) is 29.5 Å². The fourth-order valence-electron chi connectivity index (χ4n) is 3.24. The van der Waals surface area contributed by atoms with Crippen molar-refractivity contribution in [3.05, 3.63) is 0 Å². The molecule has 4 heteroatoms. The van der Waals surface area contributed by atoms with Crippen molar-refractivity contribution in [2.24, 2.45) is 0 Å². The van der Waals surface area contributed by atoms with E-state index in [0.29, 0.717) is 13.0 Å². The normalized spacial score (nSPS) is 11.2. The van der Waals surface area contributed by atoms with Crippen LogP contribution in [0.4, 0.5) is 0 Å². The number of hydrogen-bond donors (Lipinski definition) is 1. The Balaban J connectivity index is 3.32. The SMILES string of the molecule is CCCCCCCCCCCCCCOC(=O)CCN(CCC)CCS. The fourth-order valence-corrected chi connectivity index (χ4v) is 3.53. The lowest BCUT2D eigenvalue weighted by atomic mass is 10.1. The Kier molecular flexibility index (Phi) is 20.9. The molecular weight excluding hydrogens is 342 g/mol. The van der Waals surface area contributed by atoms with E-state index in [9.17, 15) is 4.79 Å². The molecule has 0 saturated carbocycles. The van der Waals surface area contributed by atoms with Crippen molar-refractivity contribution in [2.75, 3.05) is 32.0 Å². The molecule has 156 valence electrons. The van der Waals surface area contributed by atoms with Gasteiger partial charge < -0.3 is 9.64 Å². The zero-order valence-corrected chi connectivity index (χ0v) is 18.5. The Labute approximate surface area is 169 Å². The van der Waals surface area contributed by atoms with Crippen LogP contribution in [0, 0.1) is 0 Å². The van der Waals surface area contributed by atoms with E-state index in [0.717, 1.165) is 38.2 Å². The van der Waals surface area contributed by atoms with E-state index in [1.807, 2.05) is 0 Å². The Morgan fingerprint density at radius 1 is 0.731 bits per heavy atom. The van der Waals surface area contributed by atoms with E-state index in [1.54, 1.807) is 0 Å². The summed E-state index contributed by atoms with van der Waals surface area (Å²) in [6, 6.07) is 0. The lowest BCUT2D eigenvalue weighted by molar-refractivity contribution is -0.144. The monoisotopic (exact) mass is 387 g/mol. The first-order chi connectivity index (χ1) is 12.7. The van der Waals surface area contributed by atoms with Crippen molar-refractivity contribution in [1.29, 1.82) is 0 Å². The third-order valence-corrected chi connectivity index (χ3v) is 5.05. The first-order valence-electron chi connectivity index (χ1n) is 11.2. The molecule has 0 spiro atoms. The molecule has 0 radical (unpaired) electrons. The highest BCUT2D eigenvalue weighted by Gasteiger charge is 2.07. The van der Waals surface area contributed by atoms with Gasteiger partial charge in [-0.05, 0) is 19.4 Å². The molecule has 0 aliphatic heterocycles. The average Bonchev–Trinajstić information content (AvgIpc) is 2.64. The summed E-state index contributed by atoms with van der Waals surface area (Å²) in [5.41, 5.74) is 0. The maximum absolute atomic E-state index is 11.8. The van der Waals surface area contributed by atoms with Crippen LogP contribution in [0.2, 0.25) is 0 Å². The van der Waals surface area contributed by atoms with Crippen LogP contribution in [0.5, 0.6) is 0 Å². The minimum Gasteiger partial charge on any atom is -0.466 e. The summed E-state index contributed by atoms with van der Waals surface area (Å²) in [5, 5.41) is 0. The van der Waals surface area contributed by atoms with Crippen LogP contribution < -0.4 is 0 Å². The molecule has 26 heavy (non-hydrogen) atoms. The number of carbonyl (C=O) groups is 1. The maximum atomic E-state index is 11.8. The molecule has 0 unspecified atom stereocenters. The van der Waals surface area contributed by atoms with Crippen LogP contribution in [-0.2, 0) is 9.53 Å². The molecule has 0 aromatic heterocycles. The molecular formula is C22H45NO2S. The summed E-state index contributed by atoms with van der Waals surface area (Å²) in [7, 11) is 0. The van der Waals surface area contributed by atoms with Gasteiger partial charge >= 0.3 is 5.97 Å². The van der Waals surface area contributed by atoms with E-state index in [1.165, 1.54) is 70.6 Å². The van der Waals surface area contributed by atoms with Gasteiger partial charge in [-0.25, -0.2) is 0 Å². The van der Waals surface area contributed by atoms with Gasteiger partial charge in [0.2, 0.25) is 0 Å². The molecule has 0 saturated heterocycles. The van der Waals surface area contributed by atoms with Gasteiger partial charge in [0, 0.05) is 18.8 Å². The number of carbonyl (C=O) groups excluding carboxylic acids is 1. The van der Waals surface area contributed by atoms with Crippen LogP contribution in [-0.4, -0.2) is 42.9 Å². The van der Waals surface area contributed by atoms with Gasteiger partial charge in [-0.2, -0.15) is 12.6 Å². The molecule has 0 atom stereocenters. The van der Waals surface area contributed by atoms with Crippen molar-refractivity contribution in [2.45, 2.75) is 104 Å². The summed E-state index contributed by atoms with van der Waals surface area (Å²) in [4.78, 5) is 14.1. The van der Waals surface area contributed by atoms with Crippen molar-refractivity contribution < 1.29 is 9.53 Å². The Morgan fingerprint density at radius 2 is 1.27 bits per heavy atom. The minimum atomic E-state index is -0.0478. The van der Waals surface area contributed by atoms with Crippen LogP contribution in [0.25, 0.3) is 0 Å². The molecule has 0 aliphatic rings. The largest absolute Gasteiger partial charge is 0.466 e. The van der Waals surface area contributed by atoms with Crippen molar-refractivity contribution in [1.82, 2.24) is 4.90 Å². The van der Waals surface area contributed by atoms with Gasteiger partial charge in [0.1, 0.15) is 0 Å². The van der Waals surface area contributed by atoms with Gasteiger partial charge in [0.05, 0.1) is 13.0 Å². The van der Waals surface area contributed by atoms with Crippen LogP contribution in [0.1, 0.15) is 104 Å². The first kappa shape index (κ1) is 25.8. The second-order valence-corrected chi connectivity index (χ2v) is 7.87. The number of rotatable bonds is 20. The van der Waals surface area contributed by atoms with Crippen LogP contribution in [0.3, 0.4) is 0 Å². The van der Waals surface area contributed by atoms with Crippen molar-refractivity contribution in [3.8, 4) is 0 Å². The summed E-state index contributed by atoms with van der Waals surface area (Å²) in [6.45, 7) is 7.81. The zero-order valence-electron chi connectivity index (χ0n) is 17.6. The summed E-state index contributed by atoms with van der Waals surface area (Å²) >= 11 is 4.27. The van der Waals surface area contributed by atoms with E-state index >= 15 is 0 Å². The quantitative estimate of drug-likeness (QED) is 0.152. The van der Waals surface area contributed by atoms with Gasteiger partial charge in [-0.15, -0.1) is 0 Å². The molecule has 0 aromatic rings. The Hall–Kier alpha value is -0.220. The predicted octanol–water partition coefficient (Wildman–Crippen LogP) is 6.26. The Bertz CT molecular complexity index is 294. The van der Waals surface area contributed by atoms with Crippen LogP contribution >= 0.6 is 12.6 Å². The van der Waals surface area contributed by atoms with Gasteiger partial charge in [0.25, 0.3) is 0 Å². The summed E-state index contributed by atoms with van der Waals surface area (Å²) < 4.78 is 5.36. The van der Waals surface area contributed by atoms with Crippen molar-refractivity contribution in [3.63, 3.8) is 0 Å². The second-order valence-electron chi connectivity index (χ2n) is 7.42. The number of esters is 1. The number of ether oxygens (including phenoxy) is 1. The molecule has 0 amide bonds. The summed E-state index contributed by atoms with van der Waals surface area (Å²) in [5.74, 6) is 0.793. The average molecular weight is 388 g/mol. The fraction of sp³-hybridized carbons (Fsp3) is 0.955. The predicted molar refractivity (Wildman–Crippen MR) is 117 cm³/mol. The molecule has 0 aliphatic carbocycles. The molecule has 0 rings (SSSR count). The number of thiol groups is 1. The molecule has 0 bridgehead atoms. The standard InChI is InChI=1S/C22H45NO2S/c1-3-5-6-7-8-9-10-11-12-13-14-15-20-25-22(24)16-18-23(17-4-2)19-21-26/h26H,3-21H2,1-2H3. The van der Waals surface area contributed by atoms with E-state index in [2.05, 4.69) is 31.4 Å². The molecule has 0 aromatic carbocycles. The number of hydrogen-bond acceptors (Lipinski definition) is 4. The lowest BCUT2D eigenvalue weighted by Crippen LogP contribution is -2.29. The highest BCUT2D eigenvalue weighted by atomic mass is 32.1. The maximum Gasteiger partial charge on any atom is 0.307 e. The van der Waals surface area contributed by atoms with E-state index < -0.39 is 0 Å². The van der Waals surface area contributed by atoms with Gasteiger partial charge in [-0.1, -0.05) is 84.5 Å².